The van der Waals surface area contributed by atoms with Gasteiger partial charge in [-0.2, -0.15) is 0 Å². The van der Waals surface area contributed by atoms with Crippen molar-refractivity contribution >= 4 is 17.6 Å². The average molecular weight is 320 g/mol. The summed E-state index contributed by atoms with van der Waals surface area (Å²) in [4.78, 5) is 16.2. The number of ether oxygens (including phenoxy) is 1. The van der Waals surface area contributed by atoms with Gasteiger partial charge in [-0.05, 0) is 29.8 Å². The van der Waals surface area contributed by atoms with Gasteiger partial charge in [0, 0.05) is 18.3 Å². The number of nitrogens with zero attached hydrogens (tertiary/aromatic N) is 1. The Balaban J connectivity index is 1.92. The molecule has 116 valence electrons. The largest absolute Gasteiger partial charge is 0.382 e. The summed E-state index contributed by atoms with van der Waals surface area (Å²) in [5, 5.41) is 6.31. The monoisotopic (exact) mass is 319 g/mol. The smallest absolute Gasteiger partial charge is 0.315 e. The molecule has 2 N–H and O–H groups in total. The molecule has 0 spiro atoms. The van der Waals surface area contributed by atoms with Crippen LogP contribution < -0.4 is 10.6 Å². The highest BCUT2D eigenvalue weighted by Gasteiger charge is 2.14. The SMILES string of the molecule is COC[C@H](NC(=O)NCc1ccccn1)c1ccc(Cl)cc1. The Kier molecular flexibility index (Phi) is 6.18. The van der Waals surface area contributed by atoms with Gasteiger partial charge in [-0.1, -0.05) is 29.8 Å². The van der Waals surface area contributed by atoms with Gasteiger partial charge in [-0.25, -0.2) is 4.79 Å². The first-order valence-corrected chi connectivity index (χ1v) is 7.25. The lowest BCUT2D eigenvalue weighted by Gasteiger charge is -2.19. The summed E-state index contributed by atoms with van der Waals surface area (Å²) in [6.07, 6.45) is 1.69. The molecule has 1 aromatic heterocycles. The number of rotatable bonds is 6. The van der Waals surface area contributed by atoms with E-state index in [1.165, 1.54) is 0 Å². The molecule has 0 aliphatic rings. The van der Waals surface area contributed by atoms with E-state index in [-0.39, 0.29) is 12.1 Å². The van der Waals surface area contributed by atoms with Crippen LogP contribution in [0, 0.1) is 0 Å². The fraction of sp³-hybridized carbons (Fsp3) is 0.250. The van der Waals surface area contributed by atoms with Crippen LogP contribution in [0.3, 0.4) is 0 Å². The zero-order chi connectivity index (χ0) is 15.8. The predicted molar refractivity (Wildman–Crippen MR) is 85.7 cm³/mol. The van der Waals surface area contributed by atoms with Gasteiger partial charge in [0.2, 0.25) is 0 Å². The van der Waals surface area contributed by atoms with Gasteiger partial charge in [0.1, 0.15) is 0 Å². The van der Waals surface area contributed by atoms with Crippen molar-refractivity contribution in [3.05, 3.63) is 64.9 Å². The molecule has 2 rings (SSSR count). The number of carbonyl (C=O) groups excluding carboxylic acids is 1. The maximum atomic E-state index is 12.0. The van der Waals surface area contributed by atoms with Crippen molar-refractivity contribution in [3.8, 4) is 0 Å². The van der Waals surface area contributed by atoms with E-state index in [0.29, 0.717) is 18.2 Å². The molecular weight excluding hydrogens is 302 g/mol. The molecule has 1 atom stereocenters. The van der Waals surface area contributed by atoms with Gasteiger partial charge in [0.15, 0.2) is 0 Å². The van der Waals surface area contributed by atoms with E-state index in [0.717, 1.165) is 11.3 Å². The molecule has 0 aliphatic heterocycles. The Bertz CT molecular complexity index is 590. The number of pyridine rings is 1. The molecule has 2 amide bonds. The zero-order valence-electron chi connectivity index (χ0n) is 12.3. The maximum absolute atomic E-state index is 12.0. The van der Waals surface area contributed by atoms with Crippen LogP contribution in [0.4, 0.5) is 4.79 Å². The van der Waals surface area contributed by atoms with Crippen LogP contribution in [0.15, 0.2) is 48.7 Å². The topological polar surface area (TPSA) is 63.2 Å². The van der Waals surface area contributed by atoms with Crippen LogP contribution in [0.5, 0.6) is 0 Å². The summed E-state index contributed by atoms with van der Waals surface area (Å²) in [5.41, 5.74) is 1.73. The summed E-state index contributed by atoms with van der Waals surface area (Å²) < 4.78 is 5.16. The Morgan fingerprint density at radius 1 is 1.27 bits per heavy atom. The quantitative estimate of drug-likeness (QED) is 0.860. The van der Waals surface area contributed by atoms with Gasteiger partial charge in [0.05, 0.1) is 24.9 Å². The molecule has 2 aromatic rings. The highest BCUT2D eigenvalue weighted by atomic mass is 35.5. The fourth-order valence-corrected chi connectivity index (χ4v) is 2.09. The summed E-state index contributed by atoms with van der Waals surface area (Å²) in [7, 11) is 1.59. The molecule has 0 saturated carbocycles. The summed E-state index contributed by atoms with van der Waals surface area (Å²) in [6, 6.07) is 12.3. The van der Waals surface area contributed by atoms with Crippen LogP contribution >= 0.6 is 11.6 Å². The molecule has 22 heavy (non-hydrogen) atoms. The lowest BCUT2D eigenvalue weighted by molar-refractivity contribution is 0.166. The average Bonchev–Trinajstić information content (AvgIpc) is 2.54. The third-order valence-corrected chi connectivity index (χ3v) is 3.32. The summed E-state index contributed by atoms with van der Waals surface area (Å²) in [5.74, 6) is 0. The third kappa shape index (κ3) is 5.02. The van der Waals surface area contributed by atoms with Gasteiger partial charge in [-0.3, -0.25) is 4.98 Å². The number of hydrogen-bond donors (Lipinski definition) is 2. The second-order valence-corrected chi connectivity index (χ2v) is 5.14. The maximum Gasteiger partial charge on any atom is 0.315 e. The Hall–Kier alpha value is -2.11. The Labute approximate surface area is 134 Å². The van der Waals surface area contributed by atoms with Gasteiger partial charge in [0.25, 0.3) is 0 Å². The van der Waals surface area contributed by atoms with Crippen LogP contribution in [0.1, 0.15) is 17.3 Å². The van der Waals surface area contributed by atoms with E-state index in [4.69, 9.17) is 16.3 Å². The Morgan fingerprint density at radius 2 is 2.05 bits per heavy atom. The van der Waals surface area contributed by atoms with Gasteiger partial charge in [-0.15, -0.1) is 0 Å². The molecule has 1 aromatic carbocycles. The normalized spacial score (nSPS) is 11.7. The van der Waals surface area contributed by atoms with E-state index in [2.05, 4.69) is 15.6 Å². The van der Waals surface area contributed by atoms with Crippen LogP contribution in [0.2, 0.25) is 5.02 Å². The number of amides is 2. The number of benzene rings is 1. The first-order valence-electron chi connectivity index (χ1n) is 6.87. The molecule has 0 saturated heterocycles. The van der Waals surface area contributed by atoms with Crippen molar-refractivity contribution in [3.63, 3.8) is 0 Å². The van der Waals surface area contributed by atoms with Crippen molar-refractivity contribution in [1.82, 2.24) is 15.6 Å². The number of carbonyl (C=O) groups is 1. The molecule has 6 heteroatoms. The van der Waals surface area contributed by atoms with Gasteiger partial charge >= 0.3 is 6.03 Å². The fourth-order valence-electron chi connectivity index (χ4n) is 1.97. The first-order chi connectivity index (χ1) is 10.7. The first kappa shape index (κ1) is 16.3. The molecule has 1 heterocycles. The van der Waals surface area contributed by atoms with Crippen molar-refractivity contribution < 1.29 is 9.53 Å². The summed E-state index contributed by atoms with van der Waals surface area (Å²) in [6.45, 7) is 0.742. The van der Waals surface area contributed by atoms with Crippen molar-refractivity contribution in [2.45, 2.75) is 12.6 Å². The predicted octanol–water partition coefficient (Wildman–Crippen LogP) is 2.92. The highest BCUT2D eigenvalue weighted by molar-refractivity contribution is 6.30. The minimum Gasteiger partial charge on any atom is -0.382 e. The standard InChI is InChI=1S/C16H18ClN3O2/c1-22-11-15(12-5-7-13(17)8-6-12)20-16(21)19-10-14-4-2-3-9-18-14/h2-9,15H,10-11H2,1H3,(H2,19,20,21)/t15-/m0/s1. The van der Waals surface area contributed by atoms with Crippen LogP contribution in [-0.2, 0) is 11.3 Å². The van der Waals surface area contributed by atoms with E-state index >= 15 is 0 Å². The van der Waals surface area contributed by atoms with E-state index in [1.54, 1.807) is 25.4 Å². The second-order valence-electron chi connectivity index (χ2n) is 4.71. The van der Waals surface area contributed by atoms with Crippen molar-refractivity contribution in [2.75, 3.05) is 13.7 Å². The lowest BCUT2D eigenvalue weighted by atomic mass is 10.1. The molecule has 0 bridgehead atoms. The molecule has 0 unspecified atom stereocenters. The van der Waals surface area contributed by atoms with Crippen LogP contribution in [0.25, 0.3) is 0 Å². The number of nitrogens with one attached hydrogen (secondary N) is 2. The number of halogens is 1. The summed E-state index contributed by atoms with van der Waals surface area (Å²) >= 11 is 5.88. The molecular formula is C16H18ClN3O2. The van der Waals surface area contributed by atoms with Crippen molar-refractivity contribution in [1.29, 1.82) is 0 Å². The lowest BCUT2D eigenvalue weighted by Crippen LogP contribution is -2.39. The molecule has 0 aliphatic carbocycles. The van der Waals surface area contributed by atoms with Crippen LogP contribution in [-0.4, -0.2) is 24.7 Å². The number of aromatic nitrogens is 1. The molecule has 0 fully saturated rings. The minimum absolute atomic E-state index is 0.244. The molecule has 5 nitrogen and oxygen atoms in total. The minimum atomic E-state index is -0.275. The van der Waals surface area contributed by atoms with Gasteiger partial charge < -0.3 is 15.4 Å². The van der Waals surface area contributed by atoms with Crippen molar-refractivity contribution in [2.24, 2.45) is 0 Å². The zero-order valence-corrected chi connectivity index (χ0v) is 13.0. The second kappa shape index (κ2) is 8.36. The van der Waals surface area contributed by atoms with E-state index in [1.807, 2.05) is 30.3 Å². The highest BCUT2D eigenvalue weighted by Crippen LogP contribution is 2.16. The Morgan fingerprint density at radius 3 is 2.68 bits per heavy atom. The van der Waals surface area contributed by atoms with E-state index < -0.39 is 0 Å². The van der Waals surface area contributed by atoms with E-state index in [9.17, 15) is 4.79 Å². The number of methoxy groups -OCH3 is 1. The number of urea groups is 1. The molecule has 0 radical (unpaired) electrons. The third-order valence-electron chi connectivity index (χ3n) is 3.07. The number of hydrogen-bond acceptors (Lipinski definition) is 3.